The summed E-state index contributed by atoms with van der Waals surface area (Å²) in [6.07, 6.45) is 3.28. The van der Waals surface area contributed by atoms with Crippen LogP contribution < -0.4 is 5.73 Å². The number of rotatable bonds is 3. The number of nitrogens with two attached hydrogens (primary N) is 1. The molecule has 2 rings (SSSR count). The van der Waals surface area contributed by atoms with Gasteiger partial charge in [-0.3, -0.25) is 9.78 Å². The lowest BCUT2D eigenvalue weighted by Gasteiger charge is -2.12. The van der Waals surface area contributed by atoms with E-state index in [1.807, 2.05) is 0 Å². The highest BCUT2D eigenvalue weighted by Crippen LogP contribution is 2.26. The lowest BCUT2D eigenvalue weighted by molar-refractivity contribution is -0.137. The van der Waals surface area contributed by atoms with Crippen molar-refractivity contribution >= 4 is 5.97 Å². The highest BCUT2D eigenvalue weighted by atomic mass is 16.5. The van der Waals surface area contributed by atoms with Crippen LogP contribution in [0.4, 0.5) is 0 Å². The molecule has 0 saturated carbocycles. The number of nitrogens with zero attached hydrogens (tertiary/aromatic N) is 1. The minimum atomic E-state index is -0.904. The smallest absolute Gasteiger partial charge is 0.305 e. The van der Waals surface area contributed by atoms with Crippen molar-refractivity contribution in [2.75, 3.05) is 0 Å². The van der Waals surface area contributed by atoms with E-state index in [0.29, 0.717) is 13.2 Å². The predicted octanol–water partition coefficient (Wildman–Crippen LogP) is 0.586. The van der Waals surface area contributed by atoms with Crippen LogP contribution in [0.15, 0.2) is 12.4 Å². The molecule has 0 fully saturated rings. The van der Waals surface area contributed by atoms with E-state index in [1.54, 1.807) is 12.4 Å². The first kappa shape index (κ1) is 10.1. The molecule has 0 bridgehead atoms. The summed E-state index contributed by atoms with van der Waals surface area (Å²) in [6.45, 7) is 1.04. The standard InChI is InChI=1S/C10H12N2O3/c11-9(1-10(13)14)7-3-12-2-6-4-15-5-8(6)7/h2-3,9H,1,4-5,11H2,(H,13,14). The normalized spacial score (nSPS) is 16.1. The minimum absolute atomic E-state index is 0.0852. The van der Waals surface area contributed by atoms with Crippen molar-refractivity contribution in [1.82, 2.24) is 4.98 Å². The Labute approximate surface area is 86.9 Å². The van der Waals surface area contributed by atoms with Gasteiger partial charge in [-0.2, -0.15) is 0 Å². The fourth-order valence-electron chi connectivity index (χ4n) is 1.73. The van der Waals surface area contributed by atoms with Gasteiger partial charge in [0, 0.05) is 24.0 Å². The Balaban J connectivity index is 2.28. The molecular formula is C10H12N2O3. The first-order valence-electron chi connectivity index (χ1n) is 4.69. The average Bonchev–Trinajstić information content (AvgIpc) is 2.63. The summed E-state index contributed by atoms with van der Waals surface area (Å²) in [6, 6.07) is -0.508. The summed E-state index contributed by atoms with van der Waals surface area (Å²) in [4.78, 5) is 14.6. The molecular weight excluding hydrogens is 196 g/mol. The third-order valence-corrected chi connectivity index (χ3v) is 2.48. The Morgan fingerprint density at radius 3 is 3.13 bits per heavy atom. The fraction of sp³-hybridized carbons (Fsp3) is 0.400. The van der Waals surface area contributed by atoms with Gasteiger partial charge in [0.1, 0.15) is 0 Å². The number of aromatic nitrogens is 1. The SMILES string of the molecule is NC(CC(=O)O)c1cncc2c1COC2. The molecule has 1 aromatic heterocycles. The van der Waals surface area contributed by atoms with Gasteiger partial charge in [0.2, 0.25) is 0 Å². The fourth-order valence-corrected chi connectivity index (χ4v) is 1.73. The number of fused-ring (bicyclic) bond motifs is 1. The second-order valence-corrected chi connectivity index (χ2v) is 3.56. The van der Waals surface area contributed by atoms with Crippen molar-refractivity contribution in [1.29, 1.82) is 0 Å². The lowest BCUT2D eigenvalue weighted by Crippen LogP contribution is -2.17. The Kier molecular flexibility index (Phi) is 2.66. The van der Waals surface area contributed by atoms with Crippen LogP contribution in [0.3, 0.4) is 0 Å². The molecule has 1 unspecified atom stereocenters. The Morgan fingerprint density at radius 1 is 1.60 bits per heavy atom. The van der Waals surface area contributed by atoms with E-state index in [4.69, 9.17) is 15.6 Å². The molecule has 1 aliphatic rings. The van der Waals surface area contributed by atoms with Gasteiger partial charge in [0.05, 0.1) is 19.6 Å². The Hall–Kier alpha value is -1.46. The Morgan fingerprint density at radius 2 is 2.40 bits per heavy atom. The maximum atomic E-state index is 10.6. The largest absolute Gasteiger partial charge is 0.481 e. The van der Waals surface area contributed by atoms with Gasteiger partial charge < -0.3 is 15.6 Å². The van der Waals surface area contributed by atoms with Crippen LogP contribution in [0.5, 0.6) is 0 Å². The molecule has 15 heavy (non-hydrogen) atoms. The zero-order chi connectivity index (χ0) is 10.8. The van der Waals surface area contributed by atoms with Gasteiger partial charge in [-0.25, -0.2) is 0 Å². The number of pyridine rings is 1. The average molecular weight is 208 g/mol. The molecule has 80 valence electrons. The van der Waals surface area contributed by atoms with E-state index in [9.17, 15) is 4.79 Å². The minimum Gasteiger partial charge on any atom is -0.481 e. The monoisotopic (exact) mass is 208 g/mol. The molecule has 0 amide bonds. The molecule has 5 nitrogen and oxygen atoms in total. The predicted molar refractivity (Wildman–Crippen MR) is 51.9 cm³/mol. The van der Waals surface area contributed by atoms with Gasteiger partial charge >= 0.3 is 5.97 Å². The van der Waals surface area contributed by atoms with Crippen LogP contribution in [0.2, 0.25) is 0 Å². The number of hydrogen-bond acceptors (Lipinski definition) is 4. The van der Waals surface area contributed by atoms with Crippen LogP contribution in [0.25, 0.3) is 0 Å². The Bertz CT molecular complexity index is 392. The van der Waals surface area contributed by atoms with Crippen LogP contribution in [-0.4, -0.2) is 16.1 Å². The van der Waals surface area contributed by atoms with Gasteiger partial charge in [-0.1, -0.05) is 0 Å². The number of carboxylic acid groups (broad SMARTS) is 1. The summed E-state index contributed by atoms with van der Waals surface area (Å²) in [7, 11) is 0. The summed E-state index contributed by atoms with van der Waals surface area (Å²) in [5, 5.41) is 8.66. The second-order valence-electron chi connectivity index (χ2n) is 3.56. The molecule has 2 heterocycles. The highest BCUT2D eigenvalue weighted by molar-refractivity contribution is 5.68. The van der Waals surface area contributed by atoms with Crippen molar-refractivity contribution < 1.29 is 14.6 Å². The summed E-state index contributed by atoms with van der Waals surface area (Å²) < 4.78 is 5.27. The molecule has 0 aromatic carbocycles. The summed E-state index contributed by atoms with van der Waals surface area (Å²) >= 11 is 0. The molecule has 3 N–H and O–H groups in total. The number of hydrogen-bond donors (Lipinski definition) is 2. The molecule has 0 aliphatic carbocycles. The zero-order valence-electron chi connectivity index (χ0n) is 8.14. The van der Waals surface area contributed by atoms with Crippen LogP contribution in [0.1, 0.15) is 29.2 Å². The van der Waals surface area contributed by atoms with E-state index < -0.39 is 12.0 Å². The van der Waals surface area contributed by atoms with E-state index in [0.717, 1.165) is 16.7 Å². The maximum Gasteiger partial charge on any atom is 0.305 e. The number of carbonyl (C=O) groups is 1. The van der Waals surface area contributed by atoms with Gasteiger partial charge in [0.25, 0.3) is 0 Å². The number of carboxylic acids is 1. The van der Waals surface area contributed by atoms with E-state index in [-0.39, 0.29) is 6.42 Å². The quantitative estimate of drug-likeness (QED) is 0.759. The molecule has 1 aromatic rings. The van der Waals surface area contributed by atoms with Crippen molar-refractivity contribution in [3.63, 3.8) is 0 Å². The third kappa shape index (κ3) is 1.98. The van der Waals surface area contributed by atoms with Gasteiger partial charge in [-0.15, -0.1) is 0 Å². The molecule has 5 heteroatoms. The van der Waals surface area contributed by atoms with Crippen molar-refractivity contribution in [2.45, 2.75) is 25.7 Å². The van der Waals surface area contributed by atoms with Crippen molar-refractivity contribution in [3.8, 4) is 0 Å². The number of ether oxygens (including phenoxy) is 1. The molecule has 1 atom stereocenters. The molecule has 0 spiro atoms. The van der Waals surface area contributed by atoms with E-state index >= 15 is 0 Å². The molecule has 0 radical (unpaired) electrons. The second kappa shape index (κ2) is 3.96. The van der Waals surface area contributed by atoms with Crippen LogP contribution in [-0.2, 0) is 22.7 Å². The maximum absolute atomic E-state index is 10.6. The highest BCUT2D eigenvalue weighted by Gasteiger charge is 2.20. The summed E-state index contributed by atoms with van der Waals surface area (Å²) in [5.41, 5.74) is 8.58. The van der Waals surface area contributed by atoms with Crippen molar-refractivity contribution in [3.05, 3.63) is 29.1 Å². The van der Waals surface area contributed by atoms with Gasteiger partial charge in [-0.05, 0) is 11.1 Å². The van der Waals surface area contributed by atoms with Crippen LogP contribution >= 0.6 is 0 Å². The lowest BCUT2D eigenvalue weighted by atomic mass is 9.99. The topological polar surface area (TPSA) is 85.4 Å². The third-order valence-electron chi connectivity index (χ3n) is 2.48. The number of aliphatic carboxylic acids is 1. The zero-order valence-corrected chi connectivity index (χ0v) is 8.14. The van der Waals surface area contributed by atoms with E-state index in [1.165, 1.54) is 0 Å². The first-order chi connectivity index (χ1) is 7.18. The van der Waals surface area contributed by atoms with E-state index in [2.05, 4.69) is 4.98 Å². The first-order valence-corrected chi connectivity index (χ1v) is 4.69. The molecule has 1 aliphatic heterocycles. The molecule has 0 saturated heterocycles. The summed E-state index contributed by atoms with van der Waals surface area (Å²) in [5.74, 6) is -0.904. The van der Waals surface area contributed by atoms with Crippen LogP contribution in [0, 0.1) is 0 Å². The van der Waals surface area contributed by atoms with Gasteiger partial charge in [0.15, 0.2) is 0 Å². The van der Waals surface area contributed by atoms with Crippen molar-refractivity contribution in [2.24, 2.45) is 5.73 Å².